The van der Waals surface area contributed by atoms with Gasteiger partial charge < -0.3 is 15.8 Å². The third-order valence-corrected chi connectivity index (χ3v) is 3.11. The molecule has 3 N–H and O–H groups in total. The van der Waals surface area contributed by atoms with Crippen LogP contribution in [-0.2, 0) is 9.53 Å². The first-order valence-electron chi connectivity index (χ1n) is 5.44. The first kappa shape index (κ1) is 15.5. The predicted octanol–water partition coefficient (Wildman–Crippen LogP) is 1.66. The molecule has 0 bridgehead atoms. The van der Waals surface area contributed by atoms with Gasteiger partial charge in [-0.2, -0.15) is 0 Å². The average molecular weight is 332 g/mol. The third-order valence-electron chi connectivity index (χ3n) is 2.44. The van der Waals surface area contributed by atoms with Crippen molar-refractivity contribution in [3.05, 3.63) is 32.8 Å². The zero-order chi connectivity index (χ0) is 14.4. The second-order valence-corrected chi connectivity index (χ2v) is 4.62. The Morgan fingerprint density at radius 1 is 1.63 bits per heavy atom. The lowest BCUT2D eigenvalue weighted by molar-refractivity contribution is -0.385. The van der Waals surface area contributed by atoms with Gasteiger partial charge in [0.1, 0.15) is 0 Å². The molecule has 0 heterocycles. The maximum absolute atomic E-state index is 11.7. The summed E-state index contributed by atoms with van der Waals surface area (Å²) in [4.78, 5) is 21.9. The topological polar surface area (TPSA) is 107 Å². The van der Waals surface area contributed by atoms with Gasteiger partial charge in [-0.1, -0.05) is 0 Å². The summed E-state index contributed by atoms with van der Waals surface area (Å²) in [6.45, 7) is 0.227. The van der Waals surface area contributed by atoms with Gasteiger partial charge in [-0.15, -0.1) is 0 Å². The lowest BCUT2D eigenvalue weighted by Crippen LogP contribution is -2.28. The zero-order valence-electron chi connectivity index (χ0n) is 10.3. The Hall–Kier alpha value is -1.51. The molecule has 1 aromatic carbocycles. The van der Waals surface area contributed by atoms with Crippen LogP contribution >= 0.6 is 15.9 Å². The Labute approximate surface area is 118 Å². The van der Waals surface area contributed by atoms with Gasteiger partial charge in [-0.3, -0.25) is 14.9 Å². The standard InChI is InChI=1S/C11H14BrN3O4/c1-19-8(6-13)5-11(16)14-7-2-3-9(12)10(4-7)15(17)18/h2-4,8H,5-6,13H2,1H3,(H,14,16). The van der Waals surface area contributed by atoms with E-state index in [-0.39, 0.29) is 30.7 Å². The Morgan fingerprint density at radius 2 is 2.32 bits per heavy atom. The number of hydrogen-bond donors (Lipinski definition) is 2. The monoisotopic (exact) mass is 331 g/mol. The van der Waals surface area contributed by atoms with Crippen molar-refractivity contribution in [2.45, 2.75) is 12.5 Å². The smallest absolute Gasteiger partial charge is 0.285 e. The summed E-state index contributed by atoms with van der Waals surface area (Å²) in [5, 5.41) is 13.3. The van der Waals surface area contributed by atoms with Crippen LogP contribution in [0.25, 0.3) is 0 Å². The van der Waals surface area contributed by atoms with Crippen LogP contribution in [0.3, 0.4) is 0 Å². The molecule has 104 valence electrons. The van der Waals surface area contributed by atoms with Crippen molar-refractivity contribution in [1.82, 2.24) is 0 Å². The predicted molar refractivity (Wildman–Crippen MR) is 73.9 cm³/mol. The van der Waals surface area contributed by atoms with Gasteiger partial charge in [0.25, 0.3) is 5.69 Å². The molecule has 0 spiro atoms. The Balaban J connectivity index is 2.74. The molecule has 1 unspecified atom stereocenters. The quantitative estimate of drug-likeness (QED) is 0.608. The SMILES string of the molecule is COC(CN)CC(=O)Nc1ccc(Br)c([N+](=O)[O-])c1. The molecule has 1 rings (SSSR count). The van der Waals surface area contributed by atoms with Crippen molar-refractivity contribution in [3.63, 3.8) is 0 Å². The minimum Gasteiger partial charge on any atom is -0.380 e. The number of carbonyl (C=O) groups excluding carboxylic acids is 1. The van der Waals surface area contributed by atoms with Crippen LogP contribution in [-0.4, -0.2) is 30.6 Å². The molecule has 7 nitrogen and oxygen atoms in total. The molecule has 8 heteroatoms. The number of rotatable bonds is 6. The summed E-state index contributed by atoms with van der Waals surface area (Å²) < 4.78 is 5.34. The van der Waals surface area contributed by atoms with Crippen molar-refractivity contribution >= 4 is 33.2 Å². The molecule has 1 atom stereocenters. The highest BCUT2D eigenvalue weighted by molar-refractivity contribution is 9.10. The number of nitro groups is 1. The fraction of sp³-hybridized carbons (Fsp3) is 0.364. The van der Waals surface area contributed by atoms with Crippen LogP contribution in [0.4, 0.5) is 11.4 Å². The largest absolute Gasteiger partial charge is 0.380 e. The zero-order valence-corrected chi connectivity index (χ0v) is 11.8. The van der Waals surface area contributed by atoms with E-state index in [2.05, 4.69) is 21.2 Å². The van der Waals surface area contributed by atoms with Crippen molar-refractivity contribution < 1.29 is 14.5 Å². The van der Waals surface area contributed by atoms with Crippen LogP contribution in [0.2, 0.25) is 0 Å². The molecule has 19 heavy (non-hydrogen) atoms. The number of carbonyl (C=O) groups is 1. The van der Waals surface area contributed by atoms with E-state index in [0.29, 0.717) is 10.2 Å². The number of nitro benzene ring substituents is 1. The maximum Gasteiger partial charge on any atom is 0.285 e. The molecule has 0 aliphatic heterocycles. The Bertz CT molecular complexity index is 477. The lowest BCUT2D eigenvalue weighted by Gasteiger charge is -2.12. The van der Waals surface area contributed by atoms with E-state index >= 15 is 0 Å². The summed E-state index contributed by atoms with van der Waals surface area (Å²) in [7, 11) is 1.47. The summed E-state index contributed by atoms with van der Waals surface area (Å²) >= 11 is 3.07. The van der Waals surface area contributed by atoms with Crippen molar-refractivity contribution in [1.29, 1.82) is 0 Å². The van der Waals surface area contributed by atoms with Crippen LogP contribution in [0.5, 0.6) is 0 Å². The van der Waals surface area contributed by atoms with Crippen molar-refractivity contribution in [2.75, 3.05) is 19.0 Å². The van der Waals surface area contributed by atoms with E-state index in [4.69, 9.17) is 10.5 Å². The molecule has 0 fully saturated rings. The number of amides is 1. The van der Waals surface area contributed by atoms with Gasteiger partial charge in [-0.25, -0.2) is 0 Å². The number of nitrogens with zero attached hydrogens (tertiary/aromatic N) is 1. The van der Waals surface area contributed by atoms with Gasteiger partial charge >= 0.3 is 0 Å². The Kier molecular flexibility index (Phi) is 5.87. The van der Waals surface area contributed by atoms with Crippen LogP contribution in [0.15, 0.2) is 22.7 Å². The fourth-order valence-electron chi connectivity index (χ4n) is 1.41. The summed E-state index contributed by atoms with van der Waals surface area (Å²) in [6, 6.07) is 4.36. The van der Waals surface area contributed by atoms with E-state index in [0.717, 1.165) is 0 Å². The summed E-state index contributed by atoms with van der Waals surface area (Å²) in [5.41, 5.74) is 5.65. The molecule has 0 aliphatic carbocycles. The van der Waals surface area contributed by atoms with Gasteiger partial charge in [0.05, 0.1) is 21.9 Å². The van der Waals surface area contributed by atoms with Crippen LogP contribution < -0.4 is 11.1 Å². The number of hydrogen-bond acceptors (Lipinski definition) is 5. The molecule has 1 aromatic rings. The van der Waals surface area contributed by atoms with Crippen molar-refractivity contribution in [3.8, 4) is 0 Å². The number of benzene rings is 1. The average Bonchev–Trinajstić information content (AvgIpc) is 2.37. The second-order valence-electron chi connectivity index (χ2n) is 3.77. The minimum absolute atomic E-state index is 0.0941. The highest BCUT2D eigenvalue weighted by Gasteiger charge is 2.15. The summed E-state index contributed by atoms with van der Waals surface area (Å²) in [6.07, 6.45) is -0.276. The van der Waals surface area contributed by atoms with E-state index in [9.17, 15) is 14.9 Å². The first-order valence-corrected chi connectivity index (χ1v) is 6.24. The first-order chi connectivity index (χ1) is 8.97. The number of anilines is 1. The highest BCUT2D eigenvalue weighted by atomic mass is 79.9. The number of methoxy groups -OCH3 is 1. The van der Waals surface area contributed by atoms with E-state index in [1.54, 1.807) is 6.07 Å². The molecule has 0 aromatic heterocycles. The van der Waals surface area contributed by atoms with Gasteiger partial charge in [0.2, 0.25) is 5.91 Å². The highest BCUT2D eigenvalue weighted by Crippen LogP contribution is 2.27. The van der Waals surface area contributed by atoms with E-state index in [1.165, 1.54) is 19.2 Å². The molecule has 0 saturated carbocycles. The second kappa shape index (κ2) is 7.17. The van der Waals surface area contributed by atoms with Crippen LogP contribution in [0.1, 0.15) is 6.42 Å². The molecule has 0 radical (unpaired) electrons. The number of halogens is 1. The van der Waals surface area contributed by atoms with Gasteiger partial charge in [0, 0.05) is 25.4 Å². The molecule has 0 aliphatic rings. The normalized spacial score (nSPS) is 11.9. The van der Waals surface area contributed by atoms with E-state index < -0.39 is 4.92 Å². The third kappa shape index (κ3) is 4.58. The number of ether oxygens (including phenoxy) is 1. The van der Waals surface area contributed by atoms with Gasteiger partial charge in [0.15, 0.2) is 0 Å². The number of nitrogens with one attached hydrogen (secondary N) is 1. The van der Waals surface area contributed by atoms with Crippen molar-refractivity contribution in [2.24, 2.45) is 5.73 Å². The molecule has 1 amide bonds. The molecular formula is C11H14BrN3O4. The maximum atomic E-state index is 11.7. The van der Waals surface area contributed by atoms with E-state index in [1.807, 2.05) is 0 Å². The molecule has 0 saturated heterocycles. The molecular weight excluding hydrogens is 318 g/mol. The summed E-state index contributed by atoms with van der Waals surface area (Å²) in [5.74, 6) is -0.311. The number of nitrogens with two attached hydrogens (primary N) is 1. The minimum atomic E-state index is -0.530. The van der Waals surface area contributed by atoms with Gasteiger partial charge in [-0.05, 0) is 28.1 Å². The lowest BCUT2D eigenvalue weighted by atomic mass is 10.2. The van der Waals surface area contributed by atoms with Crippen LogP contribution in [0, 0.1) is 10.1 Å². The fourth-order valence-corrected chi connectivity index (χ4v) is 1.80. The Morgan fingerprint density at radius 3 is 2.84 bits per heavy atom.